The van der Waals surface area contributed by atoms with Crippen molar-refractivity contribution in [1.82, 2.24) is 10.3 Å². The lowest BCUT2D eigenvalue weighted by molar-refractivity contribution is 0.296. The second-order valence-electron chi connectivity index (χ2n) is 4.57. The molecule has 0 radical (unpaired) electrons. The zero-order valence-corrected chi connectivity index (χ0v) is 14.3. The Hall–Kier alpha value is -0.910. The van der Waals surface area contributed by atoms with E-state index in [0.29, 0.717) is 6.61 Å². The maximum atomic E-state index is 5.94. The molecule has 5 heteroatoms. The zero-order valence-electron chi connectivity index (χ0n) is 11.9. The molecule has 0 fully saturated rings. The molecule has 0 saturated heterocycles. The minimum Gasteiger partial charge on any atom is -0.487 e. The minimum atomic E-state index is 0.240. The molecule has 0 amide bonds. The van der Waals surface area contributed by atoms with Crippen LogP contribution in [0.5, 0.6) is 5.75 Å². The lowest BCUT2D eigenvalue weighted by Crippen LogP contribution is -2.13. The molecule has 0 aliphatic carbocycles. The third-order valence-electron chi connectivity index (χ3n) is 3.15. The van der Waals surface area contributed by atoms with Gasteiger partial charge in [0.1, 0.15) is 12.4 Å². The molecule has 0 saturated carbocycles. The van der Waals surface area contributed by atoms with Crippen molar-refractivity contribution in [2.24, 2.45) is 0 Å². The number of nitrogens with one attached hydrogen (secondary N) is 1. The third-order valence-corrected chi connectivity index (χ3v) is 4.68. The number of thiazole rings is 1. The summed E-state index contributed by atoms with van der Waals surface area (Å²) < 4.78 is 7.00. The monoisotopic (exact) mass is 354 g/mol. The lowest BCUT2D eigenvalue weighted by Gasteiger charge is -2.16. The van der Waals surface area contributed by atoms with E-state index in [1.165, 1.54) is 0 Å². The number of rotatable bonds is 6. The normalized spacial score (nSPS) is 12.4. The number of ether oxygens (including phenoxy) is 1. The molecule has 1 aromatic carbocycles. The van der Waals surface area contributed by atoms with Gasteiger partial charge in [-0.2, -0.15) is 0 Å². The molecule has 0 bridgehead atoms. The van der Waals surface area contributed by atoms with Gasteiger partial charge < -0.3 is 10.1 Å². The molecule has 1 N–H and O–H groups in total. The average Bonchev–Trinajstić information content (AvgIpc) is 2.93. The van der Waals surface area contributed by atoms with E-state index in [4.69, 9.17) is 4.74 Å². The van der Waals surface area contributed by atoms with Gasteiger partial charge >= 0.3 is 0 Å². The third kappa shape index (κ3) is 3.81. The Bertz CT molecular complexity index is 571. The molecule has 20 heavy (non-hydrogen) atoms. The van der Waals surface area contributed by atoms with Gasteiger partial charge in [-0.3, -0.25) is 0 Å². The summed E-state index contributed by atoms with van der Waals surface area (Å²) in [5, 5.41) is 6.47. The Morgan fingerprint density at radius 2 is 2.25 bits per heavy atom. The maximum Gasteiger partial charge on any atom is 0.131 e. The van der Waals surface area contributed by atoms with Gasteiger partial charge in [-0.25, -0.2) is 4.98 Å². The first-order valence-electron chi connectivity index (χ1n) is 6.66. The number of aryl methyl sites for hydroxylation is 1. The molecule has 0 aliphatic heterocycles. The van der Waals surface area contributed by atoms with Crippen LogP contribution in [0.4, 0.5) is 0 Å². The Morgan fingerprint density at radius 3 is 2.90 bits per heavy atom. The number of aromatic nitrogens is 1. The van der Waals surface area contributed by atoms with Gasteiger partial charge in [-0.15, -0.1) is 11.3 Å². The van der Waals surface area contributed by atoms with Crippen LogP contribution < -0.4 is 10.1 Å². The van der Waals surface area contributed by atoms with Crippen molar-refractivity contribution in [2.45, 2.75) is 32.9 Å². The van der Waals surface area contributed by atoms with Crippen LogP contribution in [0.25, 0.3) is 0 Å². The quantitative estimate of drug-likeness (QED) is 0.838. The second kappa shape index (κ2) is 7.20. The number of hydrogen-bond acceptors (Lipinski definition) is 4. The Labute approximate surface area is 132 Å². The van der Waals surface area contributed by atoms with Crippen LogP contribution in [0.2, 0.25) is 0 Å². The maximum absolute atomic E-state index is 5.94. The number of hydrogen-bond donors (Lipinski definition) is 1. The topological polar surface area (TPSA) is 34.1 Å². The fourth-order valence-corrected chi connectivity index (χ4v) is 2.98. The summed E-state index contributed by atoms with van der Waals surface area (Å²) in [6.07, 6.45) is 0.977. The first-order chi connectivity index (χ1) is 9.63. The molecule has 2 aromatic rings. The van der Waals surface area contributed by atoms with Gasteiger partial charge in [0.2, 0.25) is 0 Å². The van der Waals surface area contributed by atoms with Crippen LogP contribution in [0.1, 0.15) is 36.2 Å². The highest BCUT2D eigenvalue weighted by molar-refractivity contribution is 9.10. The van der Waals surface area contributed by atoms with Gasteiger partial charge in [0.05, 0.1) is 10.7 Å². The van der Waals surface area contributed by atoms with Crippen molar-refractivity contribution in [1.29, 1.82) is 0 Å². The summed E-state index contributed by atoms with van der Waals surface area (Å²) >= 11 is 5.20. The van der Waals surface area contributed by atoms with E-state index in [1.807, 2.05) is 19.2 Å². The summed E-state index contributed by atoms with van der Waals surface area (Å²) in [4.78, 5) is 4.52. The molecule has 1 heterocycles. The van der Waals surface area contributed by atoms with E-state index < -0.39 is 0 Å². The molecule has 0 aliphatic rings. The molecule has 2 rings (SSSR count). The molecule has 1 unspecified atom stereocenters. The molecule has 1 atom stereocenters. The van der Waals surface area contributed by atoms with Crippen LogP contribution in [0.15, 0.2) is 28.1 Å². The predicted molar refractivity (Wildman–Crippen MR) is 87.4 cm³/mol. The van der Waals surface area contributed by atoms with Crippen LogP contribution in [-0.2, 0) is 13.0 Å². The van der Waals surface area contributed by atoms with Gasteiger partial charge in [0.15, 0.2) is 0 Å². The van der Waals surface area contributed by atoms with Crippen molar-refractivity contribution in [3.8, 4) is 5.75 Å². The summed E-state index contributed by atoms with van der Waals surface area (Å²) in [5.74, 6) is 0.904. The fourth-order valence-electron chi connectivity index (χ4n) is 1.87. The van der Waals surface area contributed by atoms with E-state index in [0.717, 1.165) is 32.9 Å². The highest BCUT2D eigenvalue weighted by atomic mass is 79.9. The van der Waals surface area contributed by atoms with Gasteiger partial charge in [0.25, 0.3) is 0 Å². The van der Waals surface area contributed by atoms with Crippen LogP contribution in [-0.4, -0.2) is 12.0 Å². The Kier molecular flexibility index (Phi) is 5.57. The molecular weight excluding hydrogens is 336 g/mol. The highest BCUT2D eigenvalue weighted by Gasteiger charge is 2.11. The molecule has 0 spiro atoms. The lowest BCUT2D eigenvalue weighted by atomic mass is 10.1. The largest absolute Gasteiger partial charge is 0.487 e. The van der Waals surface area contributed by atoms with Crippen molar-refractivity contribution in [3.05, 3.63) is 44.3 Å². The number of halogens is 1. The Morgan fingerprint density at radius 1 is 1.45 bits per heavy atom. The van der Waals surface area contributed by atoms with Crippen molar-refractivity contribution in [3.63, 3.8) is 0 Å². The molecule has 1 aromatic heterocycles. The molecule has 108 valence electrons. The minimum absolute atomic E-state index is 0.240. The number of benzene rings is 1. The van der Waals surface area contributed by atoms with E-state index in [-0.39, 0.29) is 6.04 Å². The van der Waals surface area contributed by atoms with E-state index in [9.17, 15) is 0 Å². The standard InChI is InChI=1S/C15H19BrN2OS/c1-4-15-18-12(9-20-15)8-19-14-6-5-11(16)7-13(14)10(2)17-3/h5-7,9-10,17H,4,8H2,1-3H3. The second-order valence-corrected chi connectivity index (χ2v) is 6.43. The van der Waals surface area contributed by atoms with Crippen molar-refractivity contribution < 1.29 is 4.74 Å². The summed E-state index contributed by atoms with van der Waals surface area (Å²) in [6.45, 7) is 4.75. The van der Waals surface area contributed by atoms with Gasteiger partial charge in [-0.1, -0.05) is 22.9 Å². The van der Waals surface area contributed by atoms with Crippen LogP contribution in [0.3, 0.4) is 0 Å². The summed E-state index contributed by atoms with van der Waals surface area (Å²) in [7, 11) is 1.95. The fraction of sp³-hybridized carbons (Fsp3) is 0.400. The smallest absolute Gasteiger partial charge is 0.131 e. The van der Waals surface area contributed by atoms with Gasteiger partial charge in [-0.05, 0) is 38.6 Å². The summed E-state index contributed by atoms with van der Waals surface area (Å²) in [6, 6.07) is 6.33. The van der Waals surface area contributed by atoms with E-state index in [1.54, 1.807) is 11.3 Å². The van der Waals surface area contributed by atoms with Gasteiger partial charge in [0, 0.05) is 21.5 Å². The Balaban J connectivity index is 2.12. The zero-order chi connectivity index (χ0) is 14.5. The van der Waals surface area contributed by atoms with Crippen molar-refractivity contribution >= 4 is 27.3 Å². The first kappa shape index (κ1) is 15.5. The van der Waals surface area contributed by atoms with Crippen LogP contribution in [0, 0.1) is 0 Å². The van der Waals surface area contributed by atoms with E-state index in [2.05, 4.69) is 51.5 Å². The van der Waals surface area contributed by atoms with Crippen molar-refractivity contribution in [2.75, 3.05) is 7.05 Å². The first-order valence-corrected chi connectivity index (χ1v) is 8.34. The van der Waals surface area contributed by atoms with Crippen LogP contribution >= 0.6 is 27.3 Å². The predicted octanol–water partition coefficient (Wildman–Crippen LogP) is 4.33. The number of nitrogens with zero attached hydrogens (tertiary/aromatic N) is 1. The average molecular weight is 355 g/mol. The molecule has 3 nitrogen and oxygen atoms in total. The summed E-state index contributed by atoms with van der Waals surface area (Å²) in [5.41, 5.74) is 2.14. The van der Waals surface area contributed by atoms with E-state index >= 15 is 0 Å². The SMILES string of the molecule is CCc1nc(COc2ccc(Br)cc2C(C)NC)cs1. The molecular formula is C15H19BrN2OS. The highest BCUT2D eigenvalue weighted by Crippen LogP contribution is 2.29.